The zero-order chi connectivity index (χ0) is 8.10. The molecule has 0 unspecified atom stereocenters. The molecule has 0 aliphatic rings. The van der Waals surface area contributed by atoms with Crippen LogP contribution in [0.25, 0.3) is 0 Å². The van der Waals surface area contributed by atoms with Crippen molar-refractivity contribution in [2.24, 2.45) is 0 Å². The van der Waals surface area contributed by atoms with Crippen LogP contribution in [0.2, 0.25) is 0 Å². The fourth-order valence-corrected chi connectivity index (χ4v) is 0.845. The van der Waals surface area contributed by atoms with Crippen molar-refractivity contribution in [3.05, 3.63) is 24.0 Å². The van der Waals surface area contributed by atoms with Crippen LogP contribution in [-0.4, -0.2) is 4.98 Å². The van der Waals surface area contributed by atoms with Crippen molar-refractivity contribution in [1.29, 1.82) is 5.26 Å². The van der Waals surface area contributed by atoms with E-state index in [0.29, 0.717) is 12.1 Å². The summed E-state index contributed by atoms with van der Waals surface area (Å²) in [6, 6.07) is 3.90. The van der Waals surface area contributed by atoms with Crippen molar-refractivity contribution in [3.8, 4) is 6.07 Å². The van der Waals surface area contributed by atoms with Crippen LogP contribution in [0.1, 0.15) is 12.0 Å². The van der Waals surface area contributed by atoms with Crippen molar-refractivity contribution in [1.82, 2.24) is 4.98 Å². The minimum atomic E-state index is 0.519. The number of nitrogen functional groups attached to an aromatic ring is 1. The average molecular weight is 147 g/mol. The first-order valence-corrected chi connectivity index (χ1v) is 3.39. The van der Waals surface area contributed by atoms with Gasteiger partial charge in [-0.2, -0.15) is 5.26 Å². The van der Waals surface area contributed by atoms with Crippen LogP contribution >= 0.6 is 0 Å². The summed E-state index contributed by atoms with van der Waals surface area (Å²) in [5.74, 6) is 0. The smallest absolute Gasteiger partial charge is 0.0625 e. The van der Waals surface area contributed by atoms with Gasteiger partial charge in [0.05, 0.1) is 11.8 Å². The summed E-state index contributed by atoms with van der Waals surface area (Å²) in [6.45, 7) is 0. The molecule has 0 saturated heterocycles. The largest absolute Gasteiger partial charge is 0.397 e. The predicted molar refractivity (Wildman–Crippen MR) is 42.6 cm³/mol. The molecule has 1 heterocycles. The van der Waals surface area contributed by atoms with Crippen molar-refractivity contribution >= 4 is 5.69 Å². The molecule has 0 fully saturated rings. The molecule has 2 N–H and O–H groups in total. The molecule has 11 heavy (non-hydrogen) atoms. The molecule has 0 radical (unpaired) electrons. The monoisotopic (exact) mass is 147 g/mol. The number of pyridine rings is 1. The van der Waals surface area contributed by atoms with Gasteiger partial charge in [-0.3, -0.25) is 4.98 Å². The topological polar surface area (TPSA) is 62.7 Å². The first kappa shape index (κ1) is 7.55. The molecule has 0 aliphatic carbocycles. The molecule has 0 bridgehead atoms. The van der Waals surface area contributed by atoms with Crippen LogP contribution in [0.5, 0.6) is 0 Å². The highest BCUT2D eigenvalue weighted by molar-refractivity contribution is 5.37. The van der Waals surface area contributed by atoms with Gasteiger partial charge in [0.1, 0.15) is 0 Å². The summed E-state index contributed by atoms with van der Waals surface area (Å²) >= 11 is 0. The fraction of sp³-hybridized carbons (Fsp3) is 0.250. The second kappa shape index (κ2) is 3.57. The maximum Gasteiger partial charge on any atom is 0.0625 e. The lowest BCUT2D eigenvalue weighted by molar-refractivity contribution is 0.998. The van der Waals surface area contributed by atoms with Gasteiger partial charge in [-0.05, 0) is 18.1 Å². The summed E-state index contributed by atoms with van der Waals surface area (Å²) < 4.78 is 0. The highest BCUT2D eigenvalue weighted by Gasteiger charge is 1.92. The SMILES string of the molecule is N#CCCc1cncc(N)c1. The molecule has 3 heteroatoms. The van der Waals surface area contributed by atoms with E-state index in [2.05, 4.69) is 11.1 Å². The number of aromatic nitrogens is 1. The molecule has 1 aromatic rings. The Kier molecular flexibility index (Phi) is 2.45. The minimum Gasteiger partial charge on any atom is -0.397 e. The number of nitrogens with two attached hydrogens (primary N) is 1. The minimum absolute atomic E-state index is 0.519. The summed E-state index contributed by atoms with van der Waals surface area (Å²) in [5, 5.41) is 8.30. The number of aryl methyl sites for hydroxylation is 1. The second-order valence-electron chi connectivity index (χ2n) is 2.28. The van der Waals surface area contributed by atoms with E-state index in [-0.39, 0.29) is 0 Å². The van der Waals surface area contributed by atoms with Gasteiger partial charge in [0.15, 0.2) is 0 Å². The fourth-order valence-electron chi connectivity index (χ4n) is 0.845. The highest BCUT2D eigenvalue weighted by atomic mass is 14.7. The lowest BCUT2D eigenvalue weighted by Gasteiger charge is -1.96. The van der Waals surface area contributed by atoms with Crippen LogP contribution in [0.3, 0.4) is 0 Å². The molecule has 3 nitrogen and oxygen atoms in total. The Balaban J connectivity index is 2.65. The zero-order valence-corrected chi connectivity index (χ0v) is 6.12. The molecule has 1 rings (SSSR count). The van der Waals surface area contributed by atoms with Crippen molar-refractivity contribution < 1.29 is 0 Å². The summed E-state index contributed by atoms with van der Waals surface area (Å²) in [5.41, 5.74) is 7.16. The Bertz CT molecular complexity index is 275. The van der Waals surface area contributed by atoms with Crippen LogP contribution in [0, 0.1) is 11.3 Å². The summed E-state index contributed by atoms with van der Waals surface area (Å²) in [4.78, 5) is 3.90. The molecule has 0 aromatic carbocycles. The van der Waals surface area contributed by atoms with Crippen LogP contribution < -0.4 is 5.73 Å². The zero-order valence-electron chi connectivity index (χ0n) is 6.12. The van der Waals surface area contributed by atoms with Crippen molar-refractivity contribution in [2.45, 2.75) is 12.8 Å². The van der Waals surface area contributed by atoms with Gasteiger partial charge in [0.2, 0.25) is 0 Å². The third kappa shape index (κ3) is 2.26. The number of nitriles is 1. The average Bonchev–Trinajstić information content (AvgIpc) is 2.01. The second-order valence-corrected chi connectivity index (χ2v) is 2.28. The van der Waals surface area contributed by atoms with E-state index < -0.39 is 0 Å². The number of rotatable bonds is 2. The lowest BCUT2D eigenvalue weighted by atomic mass is 10.2. The van der Waals surface area contributed by atoms with Crippen molar-refractivity contribution in [3.63, 3.8) is 0 Å². The molecule has 1 aromatic heterocycles. The molecule has 0 atom stereocenters. The normalized spacial score (nSPS) is 9.00. The Morgan fingerprint density at radius 3 is 3.00 bits per heavy atom. The van der Waals surface area contributed by atoms with Gasteiger partial charge in [-0.25, -0.2) is 0 Å². The molecular formula is C8H9N3. The van der Waals surface area contributed by atoms with Gasteiger partial charge >= 0.3 is 0 Å². The quantitative estimate of drug-likeness (QED) is 0.681. The third-order valence-corrected chi connectivity index (χ3v) is 1.34. The van der Waals surface area contributed by atoms with E-state index in [4.69, 9.17) is 11.0 Å². The Hall–Kier alpha value is -1.56. The van der Waals surface area contributed by atoms with Gasteiger partial charge in [-0.1, -0.05) is 0 Å². The van der Waals surface area contributed by atoms with Gasteiger partial charge < -0.3 is 5.73 Å². The number of hydrogen-bond acceptors (Lipinski definition) is 3. The van der Waals surface area contributed by atoms with E-state index in [1.807, 2.05) is 6.07 Å². The number of hydrogen-bond donors (Lipinski definition) is 1. The molecule has 0 spiro atoms. The number of nitrogens with zero attached hydrogens (tertiary/aromatic N) is 2. The molecule has 56 valence electrons. The van der Waals surface area contributed by atoms with Gasteiger partial charge in [0.25, 0.3) is 0 Å². The Labute approximate surface area is 65.5 Å². The maximum absolute atomic E-state index is 8.30. The first-order valence-electron chi connectivity index (χ1n) is 3.39. The van der Waals surface area contributed by atoms with E-state index in [9.17, 15) is 0 Å². The number of anilines is 1. The summed E-state index contributed by atoms with van der Waals surface area (Å²) in [6.07, 6.45) is 4.57. The Morgan fingerprint density at radius 2 is 2.36 bits per heavy atom. The standard InChI is InChI=1S/C8H9N3/c9-3-1-2-7-4-8(10)6-11-5-7/h4-6H,1-2,10H2. The van der Waals surface area contributed by atoms with Gasteiger partial charge in [0, 0.05) is 18.8 Å². The van der Waals surface area contributed by atoms with Crippen LogP contribution in [-0.2, 0) is 6.42 Å². The molecule has 0 amide bonds. The molecule has 0 saturated carbocycles. The maximum atomic E-state index is 8.30. The molecular weight excluding hydrogens is 138 g/mol. The predicted octanol–water partition coefficient (Wildman–Crippen LogP) is 1.12. The van der Waals surface area contributed by atoms with E-state index in [1.165, 1.54) is 0 Å². The molecule has 0 aliphatic heterocycles. The van der Waals surface area contributed by atoms with Crippen LogP contribution in [0.4, 0.5) is 5.69 Å². The van der Waals surface area contributed by atoms with E-state index >= 15 is 0 Å². The van der Waals surface area contributed by atoms with Crippen molar-refractivity contribution in [2.75, 3.05) is 5.73 Å². The van der Waals surface area contributed by atoms with Crippen LogP contribution in [0.15, 0.2) is 18.5 Å². The first-order chi connectivity index (χ1) is 5.33. The van der Waals surface area contributed by atoms with Gasteiger partial charge in [-0.15, -0.1) is 0 Å². The van der Waals surface area contributed by atoms with E-state index in [0.717, 1.165) is 12.0 Å². The third-order valence-electron chi connectivity index (χ3n) is 1.34. The lowest BCUT2D eigenvalue weighted by Crippen LogP contribution is -1.90. The van der Waals surface area contributed by atoms with E-state index in [1.54, 1.807) is 12.4 Å². The Morgan fingerprint density at radius 1 is 1.55 bits per heavy atom. The summed E-state index contributed by atoms with van der Waals surface area (Å²) in [7, 11) is 0. The highest BCUT2D eigenvalue weighted by Crippen LogP contribution is 2.05.